The molecule has 0 saturated carbocycles. The number of aliphatic hydroxyl groups excluding tert-OH is 1. The first-order chi connectivity index (χ1) is 16.5. The van der Waals surface area contributed by atoms with Gasteiger partial charge in [-0.15, -0.1) is 0 Å². The van der Waals surface area contributed by atoms with E-state index in [1.165, 1.54) is 17.1 Å². The summed E-state index contributed by atoms with van der Waals surface area (Å²) in [5.74, 6) is 1.26. The van der Waals surface area contributed by atoms with E-state index < -0.39 is 60.0 Å². The van der Waals surface area contributed by atoms with Gasteiger partial charge in [0.25, 0.3) is 0 Å². The fourth-order valence-electron chi connectivity index (χ4n) is 3.62. The summed E-state index contributed by atoms with van der Waals surface area (Å²) in [5.41, 5.74) is 10.8. The summed E-state index contributed by atoms with van der Waals surface area (Å²) in [6, 6.07) is 0. The zero-order valence-corrected chi connectivity index (χ0v) is 21.4. The van der Waals surface area contributed by atoms with E-state index in [1.807, 2.05) is 0 Å². The van der Waals surface area contributed by atoms with Crippen molar-refractivity contribution in [1.29, 1.82) is 0 Å². The average molecular weight is 593 g/mol. The third kappa shape index (κ3) is 6.30. The van der Waals surface area contributed by atoms with Crippen LogP contribution in [0.2, 0.25) is 0 Å². The van der Waals surface area contributed by atoms with E-state index in [2.05, 4.69) is 34.9 Å². The maximum Gasteiger partial charge on any atom is 0.490 e. The highest BCUT2D eigenvalue weighted by Gasteiger charge is 2.57. The van der Waals surface area contributed by atoms with Crippen molar-refractivity contribution in [2.45, 2.75) is 30.9 Å². The van der Waals surface area contributed by atoms with Gasteiger partial charge in [0.05, 0.1) is 31.3 Å². The van der Waals surface area contributed by atoms with Crippen LogP contribution in [0.3, 0.4) is 0 Å². The largest absolute Gasteiger partial charge is 0.490 e. The first-order valence-corrected chi connectivity index (χ1v) is 14.4. The molecule has 0 radical (unpaired) electrons. The molecule has 0 spiro atoms. The number of hydrogen-bond donors (Lipinski definition) is 7. The molecule has 0 aliphatic carbocycles. The van der Waals surface area contributed by atoms with Crippen molar-refractivity contribution >= 4 is 52.2 Å². The third-order valence-electron chi connectivity index (χ3n) is 4.93. The van der Waals surface area contributed by atoms with E-state index in [9.17, 15) is 28.6 Å². The first-order valence-electron chi connectivity index (χ1n) is 9.47. The Labute approximate surface area is 207 Å². The topological polar surface area (TPSA) is 285 Å². The van der Waals surface area contributed by atoms with E-state index in [0.29, 0.717) is 5.52 Å². The Morgan fingerprint density at radius 3 is 2.50 bits per heavy atom. The summed E-state index contributed by atoms with van der Waals surface area (Å²) in [6.45, 7) is 0.450. The molecule has 9 N–H and O–H groups in total. The van der Waals surface area contributed by atoms with Gasteiger partial charge in [-0.05, 0) is 18.5 Å². The number of halogens is 1. The van der Waals surface area contributed by atoms with E-state index in [0.717, 1.165) is 6.92 Å². The number of anilines is 1. The van der Waals surface area contributed by atoms with Crippen LogP contribution in [0, 0.1) is 17.2 Å². The molecule has 0 bridgehead atoms. The van der Waals surface area contributed by atoms with Crippen molar-refractivity contribution in [2.75, 3.05) is 12.3 Å². The number of rotatable bonds is 9. The van der Waals surface area contributed by atoms with Gasteiger partial charge in [-0.3, -0.25) is 9.09 Å². The Kier molecular flexibility index (Phi) is 8.34. The minimum atomic E-state index is -5.76. The highest BCUT2D eigenvalue weighted by Crippen LogP contribution is 2.66. The standard InChI is InChI=1S/C14H20ClN6O12P3/c1-7(31-35(26,27)33-36(28,29)32-34(23,24)25)10-8(5-22)14(17,2-3-15)12(30-10)21-6-19-9-4-18-13(16)20-11(9)21/h4,6-8,10,12,22H,5,17H2,1H3,(H,26,27)(H,28,29)(H2,16,18,20)(H2,23,24,25)/t7-,8?,10-,12-,14?/m1/s1. The van der Waals surface area contributed by atoms with E-state index in [4.69, 9.17) is 42.1 Å². The Bertz CT molecular complexity index is 1340. The summed E-state index contributed by atoms with van der Waals surface area (Å²) < 4.78 is 54.2. The minimum absolute atomic E-state index is 0.107. The molecule has 1 saturated heterocycles. The van der Waals surface area contributed by atoms with Crippen LogP contribution in [0.5, 0.6) is 0 Å². The van der Waals surface area contributed by atoms with Crippen molar-refractivity contribution in [3.63, 3.8) is 0 Å². The lowest BCUT2D eigenvalue weighted by molar-refractivity contribution is -0.0656. The molecule has 3 rings (SSSR count). The van der Waals surface area contributed by atoms with Crippen molar-refractivity contribution in [3.8, 4) is 11.3 Å². The van der Waals surface area contributed by atoms with Crippen molar-refractivity contribution < 1.29 is 56.3 Å². The smallest absolute Gasteiger partial charge is 0.396 e. The molecule has 22 heteroatoms. The molecule has 1 aliphatic rings. The Morgan fingerprint density at radius 1 is 1.25 bits per heavy atom. The molecule has 0 aromatic carbocycles. The van der Waals surface area contributed by atoms with Gasteiger partial charge in [0.1, 0.15) is 11.1 Å². The number of ether oxygens (including phenoxy) is 1. The SMILES string of the molecule is C[C@@H](OP(=O)(O)OP(=O)(O)OP(=O)(O)O)[C@H]1O[C@@H](n2cnc3cnc(N)nc32)C(N)(C#CCl)C1CO. The normalized spacial score (nSPS) is 28.7. The lowest BCUT2D eigenvalue weighted by atomic mass is 9.82. The molecule has 0 amide bonds. The lowest BCUT2D eigenvalue weighted by Crippen LogP contribution is -2.52. The van der Waals surface area contributed by atoms with Gasteiger partial charge in [-0.2, -0.15) is 13.6 Å². The number of nitrogen functional groups attached to an aromatic ring is 1. The fraction of sp³-hybridized carbons (Fsp3) is 0.500. The van der Waals surface area contributed by atoms with Crippen LogP contribution in [-0.2, 0) is 31.6 Å². The molecule has 200 valence electrons. The molecule has 4 unspecified atom stereocenters. The van der Waals surface area contributed by atoms with Crippen molar-refractivity contribution in [2.24, 2.45) is 11.7 Å². The number of aromatic nitrogens is 4. The van der Waals surface area contributed by atoms with E-state index in [-0.39, 0.29) is 11.6 Å². The predicted octanol–water partition coefficient (Wildman–Crippen LogP) is -0.457. The quantitative estimate of drug-likeness (QED) is 0.143. The van der Waals surface area contributed by atoms with Gasteiger partial charge >= 0.3 is 23.5 Å². The number of fused-ring (bicyclic) bond motifs is 1. The molecule has 1 fully saturated rings. The second-order valence-electron chi connectivity index (χ2n) is 7.39. The summed E-state index contributed by atoms with van der Waals surface area (Å²) in [4.78, 5) is 48.5. The number of nitrogens with two attached hydrogens (primary N) is 2. The maximum absolute atomic E-state index is 12.3. The van der Waals surface area contributed by atoms with Crippen LogP contribution in [-0.4, -0.2) is 68.6 Å². The molecule has 36 heavy (non-hydrogen) atoms. The number of imidazole rings is 1. The van der Waals surface area contributed by atoms with Crippen LogP contribution in [0.4, 0.5) is 5.95 Å². The summed E-state index contributed by atoms with van der Waals surface area (Å²) >= 11 is 5.60. The fourth-order valence-corrected chi connectivity index (χ4v) is 6.98. The molecular formula is C14H20ClN6O12P3. The number of aliphatic hydroxyl groups is 1. The van der Waals surface area contributed by atoms with Gasteiger partial charge < -0.3 is 40.9 Å². The Hall–Kier alpha value is -1.51. The summed E-state index contributed by atoms with van der Waals surface area (Å²) in [7, 11) is -16.9. The third-order valence-corrected chi connectivity index (χ3v) is 8.95. The predicted molar refractivity (Wildman–Crippen MR) is 119 cm³/mol. The molecule has 1 aliphatic heterocycles. The maximum atomic E-state index is 12.3. The second-order valence-corrected chi connectivity index (χ2v) is 11.9. The van der Waals surface area contributed by atoms with E-state index >= 15 is 0 Å². The van der Waals surface area contributed by atoms with E-state index in [1.54, 1.807) is 0 Å². The second kappa shape index (κ2) is 10.3. The number of nitrogens with zero attached hydrogens (tertiary/aromatic N) is 4. The molecule has 2 aromatic heterocycles. The number of phosphoric ester groups is 1. The summed E-state index contributed by atoms with van der Waals surface area (Å²) in [6.07, 6.45) is -1.55. The Morgan fingerprint density at radius 2 is 1.92 bits per heavy atom. The van der Waals surface area contributed by atoms with Gasteiger partial charge in [-0.1, -0.05) is 5.92 Å². The Balaban J connectivity index is 1.93. The van der Waals surface area contributed by atoms with Crippen LogP contribution >= 0.6 is 35.1 Å². The minimum Gasteiger partial charge on any atom is -0.396 e. The first kappa shape index (κ1) is 29.1. The summed E-state index contributed by atoms with van der Waals surface area (Å²) in [5, 5.41) is 12.2. The van der Waals surface area contributed by atoms with Crippen LogP contribution in [0.25, 0.3) is 11.2 Å². The average Bonchev–Trinajstić information content (AvgIpc) is 3.22. The lowest BCUT2D eigenvalue weighted by Gasteiger charge is -2.30. The highest BCUT2D eigenvalue weighted by molar-refractivity contribution is 7.66. The van der Waals surface area contributed by atoms with Gasteiger partial charge in [0, 0.05) is 11.3 Å². The molecule has 3 heterocycles. The zero-order chi connectivity index (χ0) is 27.1. The zero-order valence-electron chi connectivity index (χ0n) is 17.9. The molecule has 18 nitrogen and oxygen atoms in total. The molecular weight excluding hydrogens is 573 g/mol. The van der Waals surface area contributed by atoms with Gasteiger partial charge in [0.2, 0.25) is 5.95 Å². The van der Waals surface area contributed by atoms with Crippen LogP contribution in [0.15, 0.2) is 12.5 Å². The number of phosphoric acid groups is 3. The van der Waals surface area contributed by atoms with Crippen molar-refractivity contribution in [3.05, 3.63) is 12.5 Å². The molecule has 2 aromatic rings. The number of hydrogen-bond acceptors (Lipinski definition) is 13. The highest BCUT2D eigenvalue weighted by atomic mass is 35.5. The van der Waals surface area contributed by atoms with Crippen LogP contribution < -0.4 is 11.5 Å². The van der Waals surface area contributed by atoms with Gasteiger partial charge in [0.15, 0.2) is 11.9 Å². The van der Waals surface area contributed by atoms with Gasteiger partial charge in [-0.25, -0.2) is 23.7 Å². The monoisotopic (exact) mass is 592 g/mol. The van der Waals surface area contributed by atoms with Crippen LogP contribution in [0.1, 0.15) is 13.2 Å². The van der Waals surface area contributed by atoms with Crippen molar-refractivity contribution in [1.82, 2.24) is 19.5 Å². The molecule has 7 atom stereocenters.